The van der Waals surface area contributed by atoms with E-state index in [1.54, 1.807) is 22.8 Å². The van der Waals surface area contributed by atoms with Gasteiger partial charge < -0.3 is 19.1 Å². The van der Waals surface area contributed by atoms with Crippen molar-refractivity contribution in [3.63, 3.8) is 0 Å². The number of aromatic nitrogens is 1. The van der Waals surface area contributed by atoms with Crippen LogP contribution in [0.15, 0.2) is 57.9 Å². The molecule has 0 fully saturated rings. The Morgan fingerprint density at radius 1 is 0.970 bits per heavy atom. The normalized spacial score (nSPS) is 11.4. The summed E-state index contributed by atoms with van der Waals surface area (Å²) >= 11 is 0. The van der Waals surface area contributed by atoms with Crippen molar-refractivity contribution in [3.8, 4) is 17.2 Å². The maximum atomic E-state index is 13.4. The number of ether oxygens (including phenoxy) is 2. The largest absolute Gasteiger partial charge is 0.508 e. The van der Waals surface area contributed by atoms with E-state index in [9.17, 15) is 9.90 Å². The van der Waals surface area contributed by atoms with Crippen molar-refractivity contribution >= 4 is 10.9 Å². The van der Waals surface area contributed by atoms with Crippen molar-refractivity contribution in [1.29, 1.82) is 0 Å². The van der Waals surface area contributed by atoms with Crippen LogP contribution in [0.3, 0.4) is 0 Å². The minimum atomic E-state index is -0.233. The molecule has 2 aromatic rings. The highest BCUT2D eigenvalue weighted by atomic mass is 16.5. The number of allylic oxidation sites excluding steroid dienone is 4. The smallest absolute Gasteiger partial charge is 0.297 e. The fourth-order valence-corrected chi connectivity index (χ4v) is 3.45. The summed E-state index contributed by atoms with van der Waals surface area (Å²) in [5, 5.41) is 10.9. The SMILES string of the molecule is CCCCn1c(=O)c(OCC=C(C)C)c(OC/C=C(\C)CCC=C(C)C)c2ccc(O)cc21. The Balaban J connectivity index is 2.47. The number of benzene rings is 1. The molecule has 0 saturated carbocycles. The summed E-state index contributed by atoms with van der Waals surface area (Å²) in [5.41, 5.74) is 4.09. The van der Waals surface area contributed by atoms with Crippen molar-refractivity contribution in [3.05, 3.63) is 63.5 Å². The molecule has 0 saturated heterocycles. The van der Waals surface area contributed by atoms with E-state index in [-0.39, 0.29) is 17.1 Å². The average Bonchev–Trinajstić information content (AvgIpc) is 2.74. The molecule has 5 nitrogen and oxygen atoms in total. The number of hydrogen-bond donors (Lipinski definition) is 1. The zero-order chi connectivity index (χ0) is 24.4. The molecule has 180 valence electrons. The fraction of sp³-hybridized carbons (Fsp3) is 0.464. The maximum absolute atomic E-state index is 13.4. The molecule has 0 unspecified atom stereocenters. The average molecular weight is 454 g/mol. The highest BCUT2D eigenvalue weighted by molar-refractivity contribution is 5.89. The van der Waals surface area contributed by atoms with E-state index in [0.29, 0.717) is 31.0 Å². The Morgan fingerprint density at radius 2 is 1.64 bits per heavy atom. The highest BCUT2D eigenvalue weighted by Gasteiger charge is 2.20. The summed E-state index contributed by atoms with van der Waals surface area (Å²) in [5.74, 6) is 0.766. The number of phenols is 1. The number of aromatic hydroxyl groups is 1. The number of aryl methyl sites for hydroxylation is 1. The molecule has 0 radical (unpaired) electrons. The third kappa shape index (κ3) is 7.85. The van der Waals surface area contributed by atoms with Crippen LogP contribution in [0.25, 0.3) is 10.9 Å². The molecule has 0 spiro atoms. The van der Waals surface area contributed by atoms with E-state index in [0.717, 1.165) is 36.6 Å². The second kappa shape index (κ2) is 12.9. The molecule has 0 amide bonds. The van der Waals surface area contributed by atoms with Crippen LogP contribution in [-0.4, -0.2) is 22.9 Å². The second-order valence-electron chi connectivity index (χ2n) is 8.94. The maximum Gasteiger partial charge on any atom is 0.297 e. The molecular weight excluding hydrogens is 414 g/mol. The molecule has 1 heterocycles. The first-order chi connectivity index (χ1) is 15.7. The summed E-state index contributed by atoms with van der Waals surface area (Å²) in [6, 6.07) is 5.03. The minimum Gasteiger partial charge on any atom is -0.508 e. The Hall–Kier alpha value is -2.95. The van der Waals surface area contributed by atoms with Crippen LogP contribution in [-0.2, 0) is 6.54 Å². The van der Waals surface area contributed by atoms with Gasteiger partial charge in [0.15, 0.2) is 5.75 Å². The van der Waals surface area contributed by atoms with Crippen LogP contribution in [0.2, 0.25) is 0 Å². The molecular formula is C28H39NO4. The predicted octanol–water partition coefficient (Wildman–Crippen LogP) is 6.92. The van der Waals surface area contributed by atoms with E-state index in [1.165, 1.54) is 11.1 Å². The fourth-order valence-electron chi connectivity index (χ4n) is 3.45. The van der Waals surface area contributed by atoms with Gasteiger partial charge in [-0.3, -0.25) is 4.79 Å². The Labute approximate surface area is 198 Å². The molecule has 5 heteroatoms. The number of hydrogen-bond acceptors (Lipinski definition) is 4. The molecule has 0 aliphatic rings. The molecule has 0 bridgehead atoms. The van der Waals surface area contributed by atoms with Crippen molar-refractivity contribution in [1.82, 2.24) is 4.57 Å². The van der Waals surface area contributed by atoms with Gasteiger partial charge in [0.05, 0.1) is 5.52 Å². The van der Waals surface area contributed by atoms with Gasteiger partial charge in [0, 0.05) is 18.0 Å². The summed E-state index contributed by atoms with van der Waals surface area (Å²) in [6.45, 7) is 13.6. The second-order valence-corrected chi connectivity index (χ2v) is 8.94. The molecule has 33 heavy (non-hydrogen) atoms. The first-order valence-electron chi connectivity index (χ1n) is 11.8. The summed E-state index contributed by atoms with van der Waals surface area (Å²) < 4.78 is 13.8. The highest BCUT2D eigenvalue weighted by Crippen LogP contribution is 2.35. The Morgan fingerprint density at radius 3 is 2.30 bits per heavy atom. The lowest BCUT2D eigenvalue weighted by molar-refractivity contribution is 0.304. The van der Waals surface area contributed by atoms with Gasteiger partial charge >= 0.3 is 0 Å². The predicted molar refractivity (Wildman–Crippen MR) is 138 cm³/mol. The van der Waals surface area contributed by atoms with Gasteiger partial charge in [-0.05, 0) is 78.2 Å². The van der Waals surface area contributed by atoms with Gasteiger partial charge in [-0.25, -0.2) is 0 Å². The third-order valence-corrected chi connectivity index (χ3v) is 5.37. The summed E-state index contributed by atoms with van der Waals surface area (Å²) in [6.07, 6.45) is 9.98. The molecule has 0 aliphatic heterocycles. The lowest BCUT2D eigenvalue weighted by atomic mass is 10.1. The van der Waals surface area contributed by atoms with E-state index in [1.807, 2.05) is 26.0 Å². The van der Waals surface area contributed by atoms with Gasteiger partial charge in [0.2, 0.25) is 5.75 Å². The summed E-state index contributed by atoms with van der Waals surface area (Å²) in [7, 11) is 0. The van der Waals surface area contributed by atoms with Crippen LogP contribution in [0.5, 0.6) is 17.2 Å². The number of pyridine rings is 1. The van der Waals surface area contributed by atoms with Gasteiger partial charge in [-0.2, -0.15) is 0 Å². The van der Waals surface area contributed by atoms with Crippen molar-refractivity contribution in [2.45, 2.75) is 73.8 Å². The summed E-state index contributed by atoms with van der Waals surface area (Å²) in [4.78, 5) is 13.4. The lowest BCUT2D eigenvalue weighted by Crippen LogP contribution is -2.24. The van der Waals surface area contributed by atoms with Crippen LogP contribution >= 0.6 is 0 Å². The first-order valence-corrected chi connectivity index (χ1v) is 11.8. The number of fused-ring (bicyclic) bond motifs is 1. The van der Waals surface area contributed by atoms with E-state index < -0.39 is 0 Å². The van der Waals surface area contributed by atoms with Gasteiger partial charge in [-0.1, -0.05) is 36.1 Å². The lowest BCUT2D eigenvalue weighted by Gasteiger charge is -2.18. The molecule has 1 aromatic heterocycles. The number of nitrogens with zero attached hydrogens (tertiary/aromatic N) is 1. The number of phenolic OH excluding ortho intramolecular Hbond substituents is 1. The zero-order valence-electron chi connectivity index (χ0n) is 21.0. The van der Waals surface area contributed by atoms with Gasteiger partial charge in [0.25, 0.3) is 5.56 Å². The number of rotatable bonds is 12. The molecule has 1 N–H and O–H groups in total. The molecule has 1 aromatic carbocycles. The topological polar surface area (TPSA) is 60.7 Å². The van der Waals surface area contributed by atoms with E-state index in [4.69, 9.17) is 9.47 Å². The van der Waals surface area contributed by atoms with Crippen molar-refractivity contribution in [2.24, 2.45) is 0 Å². The standard InChI is InChI=1S/C28H39NO4/c1-7-8-16-29-25-19-23(30)12-13-24(25)26(27(28(29)31)33-17-14-21(4)5)32-18-15-22(6)11-9-10-20(2)3/h10,12-15,19,30H,7-9,11,16-18H2,1-6H3/b22-15+. The van der Waals surface area contributed by atoms with E-state index in [2.05, 4.69) is 33.8 Å². The van der Waals surface area contributed by atoms with Crippen LogP contribution in [0.1, 0.15) is 67.2 Å². The Bertz CT molecular complexity index is 1080. The Kier molecular flexibility index (Phi) is 10.3. The van der Waals surface area contributed by atoms with Crippen LogP contribution in [0, 0.1) is 0 Å². The van der Waals surface area contributed by atoms with Crippen LogP contribution in [0.4, 0.5) is 0 Å². The molecule has 2 rings (SSSR count). The molecule has 0 atom stereocenters. The van der Waals surface area contributed by atoms with Gasteiger partial charge in [-0.15, -0.1) is 0 Å². The minimum absolute atomic E-state index is 0.117. The van der Waals surface area contributed by atoms with Crippen LogP contribution < -0.4 is 15.0 Å². The third-order valence-electron chi connectivity index (χ3n) is 5.37. The van der Waals surface area contributed by atoms with E-state index >= 15 is 0 Å². The van der Waals surface area contributed by atoms with Crippen molar-refractivity contribution in [2.75, 3.05) is 13.2 Å². The zero-order valence-corrected chi connectivity index (χ0v) is 21.0. The molecule has 0 aliphatic carbocycles. The quantitative estimate of drug-likeness (QED) is 0.354. The monoisotopic (exact) mass is 453 g/mol. The number of unbranched alkanes of at least 4 members (excludes halogenated alkanes) is 1. The first kappa shape index (κ1) is 26.3. The van der Waals surface area contributed by atoms with Gasteiger partial charge in [0.1, 0.15) is 19.0 Å². The van der Waals surface area contributed by atoms with Crippen molar-refractivity contribution < 1.29 is 14.6 Å².